The third-order valence-corrected chi connectivity index (χ3v) is 3.70. The van der Waals surface area contributed by atoms with Crippen LogP contribution in [-0.2, 0) is 0 Å². The Balaban J connectivity index is 2.88. The number of aldehydes is 1. The van der Waals surface area contributed by atoms with Crippen molar-refractivity contribution >= 4 is 17.6 Å². The second-order valence-corrected chi connectivity index (χ2v) is 4.70. The molecule has 0 bridgehead atoms. The van der Waals surface area contributed by atoms with Crippen molar-refractivity contribution in [3.8, 4) is 6.07 Å². The van der Waals surface area contributed by atoms with Crippen LogP contribution in [0.25, 0.3) is 0 Å². The molecule has 15 heavy (non-hydrogen) atoms. The predicted molar refractivity (Wildman–Crippen MR) is 62.1 cm³/mol. The van der Waals surface area contributed by atoms with Crippen LogP contribution in [0.4, 0.5) is 0 Å². The SMILES string of the molecule is CCC(C)C(CC#N)c1csc(C=O)c1. The average Bonchev–Trinajstić information content (AvgIpc) is 2.73. The van der Waals surface area contributed by atoms with E-state index in [-0.39, 0.29) is 5.92 Å². The predicted octanol–water partition coefficient (Wildman–Crippen LogP) is 3.60. The second kappa shape index (κ2) is 5.67. The maximum absolute atomic E-state index is 10.6. The van der Waals surface area contributed by atoms with Crippen molar-refractivity contribution in [1.29, 1.82) is 5.26 Å². The number of nitriles is 1. The van der Waals surface area contributed by atoms with Gasteiger partial charge in [0, 0.05) is 12.3 Å². The van der Waals surface area contributed by atoms with Crippen molar-refractivity contribution in [2.75, 3.05) is 0 Å². The standard InChI is InChI=1S/C12H15NOS/c1-3-9(2)12(4-5-13)10-6-11(7-14)15-8-10/h6-9,12H,3-4H2,1-2H3. The van der Waals surface area contributed by atoms with Crippen LogP contribution >= 0.6 is 11.3 Å². The van der Waals surface area contributed by atoms with Gasteiger partial charge in [0.05, 0.1) is 10.9 Å². The van der Waals surface area contributed by atoms with Crippen molar-refractivity contribution in [2.24, 2.45) is 5.92 Å². The number of hydrogen-bond donors (Lipinski definition) is 0. The van der Waals surface area contributed by atoms with Crippen molar-refractivity contribution in [2.45, 2.75) is 32.6 Å². The number of rotatable bonds is 5. The number of thiophene rings is 1. The molecule has 1 aromatic rings. The minimum absolute atomic E-state index is 0.268. The third-order valence-electron chi connectivity index (χ3n) is 2.83. The molecule has 2 unspecified atom stereocenters. The Kier molecular flexibility index (Phi) is 4.51. The van der Waals surface area contributed by atoms with Crippen LogP contribution in [0.1, 0.15) is 47.8 Å². The van der Waals surface area contributed by atoms with E-state index in [4.69, 9.17) is 5.26 Å². The van der Waals surface area contributed by atoms with Gasteiger partial charge in [-0.1, -0.05) is 20.3 Å². The Labute approximate surface area is 94.5 Å². The summed E-state index contributed by atoms with van der Waals surface area (Å²) in [6.07, 6.45) is 2.46. The van der Waals surface area contributed by atoms with E-state index >= 15 is 0 Å². The molecule has 0 spiro atoms. The van der Waals surface area contributed by atoms with E-state index in [0.29, 0.717) is 12.3 Å². The summed E-state index contributed by atoms with van der Waals surface area (Å²) in [6, 6.07) is 4.13. The lowest BCUT2D eigenvalue weighted by atomic mass is 9.85. The number of carbonyl (C=O) groups excluding carboxylic acids is 1. The highest BCUT2D eigenvalue weighted by atomic mass is 32.1. The van der Waals surface area contributed by atoms with Gasteiger partial charge in [-0.3, -0.25) is 4.79 Å². The van der Waals surface area contributed by atoms with Crippen LogP contribution in [0.5, 0.6) is 0 Å². The van der Waals surface area contributed by atoms with E-state index in [1.807, 2.05) is 11.4 Å². The largest absolute Gasteiger partial charge is 0.297 e. The summed E-state index contributed by atoms with van der Waals surface area (Å²) in [7, 11) is 0. The quantitative estimate of drug-likeness (QED) is 0.713. The first-order chi connectivity index (χ1) is 7.22. The van der Waals surface area contributed by atoms with Crippen LogP contribution in [-0.4, -0.2) is 6.29 Å². The molecule has 0 aromatic carbocycles. The van der Waals surface area contributed by atoms with Crippen LogP contribution in [0.15, 0.2) is 11.4 Å². The van der Waals surface area contributed by atoms with Gasteiger partial charge >= 0.3 is 0 Å². The van der Waals surface area contributed by atoms with Gasteiger partial charge in [-0.2, -0.15) is 5.26 Å². The molecule has 0 fully saturated rings. The van der Waals surface area contributed by atoms with Gasteiger partial charge in [0.15, 0.2) is 6.29 Å². The molecule has 1 aromatic heterocycles. The molecule has 0 amide bonds. The van der Waals surface area contributed by atoms with E-state index < -0.39 is 0 Å². The minimum Gasteiger partial charge on any atom is -0.297 e. The summed E-state index contributed by atoms with van der Waals surface area (Å²) in [6.45, 7) is 4.28. The van der Waals surface area contributed by atoms with Crippen LogP contribution in [0.2, 0.25) is 0 Å². The molecule has 1 rings (SSSR count). The summed E-state index contributed by atoms with van der Waals surface area (Å²) >= 11 is 1.45. The van der Waals surface area contributed by atoms with Gasteiger partial charge in [0.2, 0.25) is 0 Å². The molecule has 0 saturated carbocycles. The van der Waals surface area contributed by atoms with Crippen LogP contribution in [0.3, 0.4) is 0 Å². The van der Waals surface area contributed by atoms with E-state index in [1.54, 1.807) is 0 Å². The van der Waals surface area contributed by atoms with Gasteiger partial charge in [0.25, 0.3) is 0 Å². The molecular formula is C12H15NOS. The number of nitrogens with zero attached hydrogens (tertiary/aromatic N) is 1. The molecule has 0 aliphatic carbocycles. The second-order valence-electron chi connectivity index (χ2n) is 3.75. The van der Waals surface area contributed by atoms with E-state index in [2.05, 4.69) is 19.9 Å². The Morgan fingerprint density at radius 2 is 2.40 bits per heavy atom. The lowest BCUT2D eigenvalue weighted by Gasteiger charge is -2.18. The number of hydrogen-bond acceptors (Lipinski definition) is 3. The number of carbonyl (C=O) groups is 1. The van der Waals surface area contributed by atoms with E-state index in [0.717, 1.165) is 23.1 Å². The van der Waals surface area contributed by atoms with E-state index in [9.17, 15) is 4.79 Å². The molecular weight excluding hydrogens is 206 g/mol. The Hall–Kier alpha value is -1.14. The molecule has 0 radical (unpaired) electrons. The highest BCUT2D eigenvalue weighted by Gasteiger charge is 2.18. The first-order valence-electron chi connectivity index (χ1n) is 5.13. The smallest absolute Gasteiger partial charge is 0.160 e. The maximum Gasteiger partial charge on any atom is 0.160 e. The van der Waals surface area contributed by atoms with Gasteiger partial charge in [0.1, 0.15) is 0 Å². The topological polar surface area (TPSA) is 40.9 Å². The minimum atomic E-state index is 0.268. The van der Waals surface area contributed by atoms with Crippen molar-refractivity contribution < 1.29 is 4.79 Å². The lowest BCUT2D eigenvalue weighted by molar-refractivity contribution is 0.112. The fourth-order valence-corrected chi connectivity index (χ4v) is 2.43. The first kappa shape index (κ1) is 11.9. The summed E-state index contributed by atoms with van der Waals surface area (Å²) in [4.78, 5) is 11.3. The first-order valence-corrected chi connectivity index (χ1v) is 6.01. The summed E-state index contributed by atoms with van der Waals surface area (Å²) < 4.78 is 0. The zero-order chi connectivity index (χ0) is 11.3. The molecule has 1 heterocycles. The van der Waals surface area contributed by atoms with Gasteiger partial charge in [-0.15, -0.1) is 11.3 Å². The summed E-state index contributed by atoms with van der Waals surface area (Å²) in [5, 5.41) is 10.8. The van der Waals surface area contributed by atoms with Gasteiger partial charge in [-0.25, -0.2) is 0 Å². The average molecular weight is 221 g/mol. The monoisotopic (exact) mass is 221 g/mol. The normalized spacial score (nSPS) is 14.2. The van der Waals surface area contributed by atoms with Crippen molar-refractivity contribution in [1.82, 2.24) is 0 Å². The lowest BCUT2D eigenvalue weighted by Crippen LogP contribution is -2.07. The molecule has 0 aliphatic rings. The Bertz CT molecular complexity index is 364. The van der Waals surface area contributed by atoms with Crippen molar-refractivity contribution in [3.05, 3.63) is 21.9 Å². The molecule has 3 heteroatoms. The summed E-state index contributed by atoms with van der Waals surface area (Å²) in [5.41, 5.74) is 1.14. The zero-order valence-corrected chi connectivity index (χ0v) is 9.88. The Morgan fingerprint density at radius 3 is 2.87 bits per heavy atom. The highest BCUT2D eigenvalue weighted by Crippen LogP contribution is 2.32. The fraction of sp³-hybridized carbons (Fsp3) is 0.500. The van der Waals surface area contributed by atoms with E-state index in [1.165, 1.54) is 11.3 Å². The third kappa shape index (κ3) is 2.90. The van der Waals surface area contributed by atoms with Crippen LogP contribution in [0, 0.1) is 17.2 Å². The van der Waals surface area contributed by atoms with Gasteiger partial charge < -0.3 is 0 Å². The Morgan fingerprint density at radius 1 is 1.67 bits per heavy atom. The van der Waals surface area contributed by atoms with Crippen LogP contribution < -0.4 is 0 Å². The molecule has 2 atom stereocenters. The van der Waals surface area contributed by atoms with Crippen molar-refractivity contribution in [3.63, 3.8) is 0 Å². The maximum atomic E-state index is 10.6. The molecule has 2 nitrogen and oxygen atoms in total. The summed E-state index contributed by atoms with van der Waals surface area (Å²) in [5.74, 6) is 0.753. The molecule has 80 valence electrons. The molecule has 0 N–H and O–H groups in total. The molecule has 0 aliphatic heterocycles. The molecule has 0 saturated heterocycles. The fourth-order valence-electron chi connectivity index (χ4n) is 1.66. The highest BCUT2D eigenvalue weighted by molar-refractivity contribution is 7.11. The zero-order valence-electron chi connectivity index (χ0n) is 9.06. The van der Waals surface area contributed by atoms with Gasteiger partial charge in [-0.05, 0) is 22.9 Å².